The van der Waals surface area contributed by atoms with Crippen molar-refractivity contribution in [1.82, 2.24) is 14.9 Å². The van der Waals surface area contributed by atoms with E-state index in [0.717, 1.165) is 16.5 Å². The van der Waals surface area contributed by atoms with Crippen LogP contribution in [0.1, 0.15) is 21.5 Å². The van der Waals surface area contributed by atoms with Crippen molar-refractivity contribution in [2.75, 3.05) is 6.79 Å². The molecule has 1 amide bonds. The summed E-state index contributed by atoms with van der Waals surface area (Å²) in [5.41, 5.74) is 2.05. The maximum atomic E-state index is 13.2. The Balaban J connectivity index is 1.45. The largest absolute Gasteiger partial charge is 0.454 e. The minimum absolute atomic E-state index is 0.0807. The van der Waals surface area contributed by atoms with Gasteiger partial charge in [-0.2, -0.15) is 0 Å². The van der Waals surface area contributed by atoms with Crippen LogP contribution < -0.4 is 20.3 Å². The fourth-order valence-electron chi connectivity index (χ4n) is 3.61. The molecule has 0 saturated heterocycles. The fourth-order valence-corrected chi connectivity index (χ4v) is 3.61. The maximum Gasteiger partial charge on any atom is 0.265 e. The molecule has 31 heavy (non-hydrogen) atoms. The Morgan fingerprint density at radius 3 is 2.68 bits per heavy atom. The molecule has 7 heteroatoms. The highest BCUT2D eigenvalue weighted by atomic mass is 16.7. The van der Waals surface area contributed by atoms with Crippen LogP contribution in [0.25, 0.3) is 11.0 Å². The number of amides is 1. The first-order valence-electron chi connectivity index (χ1n) is 9.88. The summed E-state index contributed by atoms with van der Waals surface area (Å²) < 4.78 is 12.2. The van der Waals surface area contributed by atoms with E-state index in [1.807, 2.05) is 48.5 Å². The molecule has 5 rings (SSSR count). The molecular weight excluding hydrogens is 394 g/mol. The quantitative estimate of drug-likeness (QED) is 0.544. The van der Waals surface area contributed by atoms with Crippen LogP contribution in [0.4, 0.5) is 0 Å². The molecule has 1 N–H and O–H groups in total. The third-order valence-electron chi connectivity index (χ3n) is 5.17. The number of hydrogen-bond donors (Lipinski definition) is 1. The lowest BCUT2D eigenvalue weighted by Gasteiger charge is -2.12. The van der Waals surface area contributed by atoms with Crippen LogP contribution in [0.5, 0.6) is 11.5 Å². The third kappa shape index (κ3) is 3.73. The molecule has 0 unspecified atom stereocenters. The molecule has 0 radical (unpaired) electrons. The van der Waals surface area contributed by atoms with Crippen LogP contribution in [0.3, 0.4) is 0 Å². The number of rotatable bonds is 5. The average molecular weight is 413 g/mol. The molecule has 2 aromatic heterocycles. The number of hydrogen-bond acceptors (Lipinski definition) is 5. The second-order valence-electron chi connectivity index (χ2n) is 7.22. The van der Waals surface area contributed by atoms with Crippen molar-refractivity contribution >= 4 is 16.9 Å². The van der Waals surface area contributed by atoms with Gasteiger partial charge in [0, 0.05) is 18.1 Å². The van der Waals surface area contributed by atoms with Crippen molar-refractivity contribution in [2.45, 2.75) is 13.1 Å². The number of fused-ring (bicyclic) bond motifs is 2. The van der Waals surface area contributed by atoms with Gasteiger partial charge in [0.05, 0.1) is 6.54 Å². The highest BCUT2D eigenvalue weighted by molar-refractivity contribution is 5.96. The van der Waals surface area contributed by atoms with Gasteiger partial charge < -0.3 is 14.8 Å². The van der Waals surface area contributed by atoms with Gasteiger partial charge in [0.1, 0.15) is 11.2 Å². The SMILES string of the molecule is O=C(NCc1ccc2c(c1)OCO2)c1cc2cccnc2n(Cc2ccccc2)c1=O. The second-order valence-corrected chi connectivity index (χ2v) is 7.22. The van der Waals surface area contributed by atoms with Gasteiger partial charge in [-0.05, 0) is 41.5 Å². The van der Waals surface area contributed by atoms with Crippen LogP contribution in [0, 0.1) is 0 Å². The maximum absolute atomic E-state index is 13.2. The van der Waals surface area contributed by atoms with Crippen molar-refractivity contribution in [2.24, 2.45) is 0 Å². The zero-order chi connectivity index (χ0) is 21.2. The molecule has 0 atom stereocenters. The Kier molecular flexibility index (Phi) is 4.84. The van der Waals surface area contributed by atoms with Crippen LogP contribution in [-0.4, -0.2) is 22.3 Å². The van der Waals surface area contributed by atoms with E-state index in [1.165, 1.54) is 0 Å². The van der Waals surface area contributed by atoms with Gasteiger partial charge in [-0.3, -0.25) is 14.2 Å². The predicted molar refractivity (Wildman–Crippen MR) is 115 cm³/mol. The molecule has 0 saturated carbocycles. The monoisotopic (exact) mass is 413 g/mol. The van der Waals surface area contributed by atoms with E-state index < -0.39 is 5.91 Å². The molecule has 4 aromatic rings. The molecule has 0 fully saturated rings. The summed E-state index contributed by atoms with van der Waals surface area (Å²) in [6.45, 7) is 0.784. The summed E-state index contributed by atoms with van der Waals surface area (Å²) in [6.07, 6.45) is 1.64. The van der Waals surface area contributed by atoms with Gasteiger partial charge in [0.2, 0.25) is 6.79 Å². The van der Waals surface area contributed by atoms with E-state index in [4.69, 9.17) is 9.47 Å². The summed E-state index contributed by atoms with van der Waals surface area (Å²) in [6, 6.07) is 20.3. The lowest BCUT2D eigenvalue weighted by atomic mass is 10.1. The van der Waals surface area contributed by atoms with Crippen LogP contribution in [0.15, 0.2) is 77.7 Å². The lowest BCUT2D eigenvalue weighted by Crippen LogP contribution is -2.33. The van der Waals surface area contributed by atoms with Gasteiger partial charge >= 0.3 is 0 Å². The number of ether oxygens (including phenoxy) is 2. The highest BCUT2D eigenvalue weighted by Crippen LogP contribution is 2.32. The first kappa shape index (κ1) is 18.9. The topological polar surface area (TPSA) is 82.4 Å². The molecular formula is C24H19N3O4. The Labute approximate surface area is 177 Å². The molecule has 0 bridgehead atoms. The van der Waals surface area contributed by atoms with Crippen molar-refractivity contribution < 1.29 is 14.3 Å². The summed E-state index contributed by atoms with van der Waals surface area (Å²) in [5.74, 6) is 0.893. The molecule has 0 spiro atoms. The molecule has 3 heterocycles. The molecule has 154 valence electrons. The van der Waals surface area contributed by atoms with E-state index in [-0.39, 0.29) is 24.5 Å². The van der Waals surface area contributed by atoms with Gasteiger partial charge in [0.25, 0.3) is 11.5 Å². The smallest absolute Gasteiger partial charge is 0.265 e. The van der Waals surface area contributed by atoms with Gasteiger partial charge in [-0.1, -0.05) is 36.4 Å². The standard InChI is InChI=1S/C24H19N3O4/c28-23(26-13-17-8-9-20-21(11-17)31-15-30-20)19-12-18-7-4-10-25-22(18)27(24(19)29)14-16-5-2-1-3-6-16/h1-12H,13-15H2,(H,26,28). The Morgan fingerprint density at radius 2 is 1.81 bits per heavy atom. The average Bonchev–Trinajstić information content (AvgIpc) is 3.28. The highest BCUT2D eigenvalue weighted by Gasteiger charge is 2.18. The van der Waals surface area contributed by atoms with Crippen molar-refractivity contribution in [3.05, 3.63) is 100.0 Å². The third-order valence-corrected chi connectivity index (χ3v) is 5.17. The number of aromatic nitrogens is 2. The molecule has 0 aliphatic carbocycles. The van der Waals surface area contributed by atoms with Gasteiger partial charge in [-0.15, -0.1) is 0 Å². The number of carbonyl (C=O) groups excluding carboxylic acids is 1. The zero-order valence-electron chi connectivity index (χ0n) is 16.6. The normalized spacial score (nSPS) is 12.1. The Bertz CT molecular complexity index is 1330. The van der Waals surface area contributed by atoms with Crippen molar-refractivity contribution in [3.63, 3.8) is 0 Å². The first-order valence-corrected chi connectivity index (χ1v) is 9.88. The zero-order valence-corrected chi connectivity index (χ0v) is 16.6. The summed E-state index contributed by atoms with van der Waals surface area (Å²) in [5, 5.41) is 3.56. The summed E-state index contributed by atoms with van der Waals surface area (Å²) in [7, 11) is 0. The first-order chi connectivity index (χ1) is 15.2. The molecule has 1 aliphatic heterocycles. The number of nitrogens with zero attached hydrogens (tertiary/aromatic N) is 2. The van der Waals surface area contributed by atoms with Gasteiger partial charge in [0.15, 0.2) is 11.5 Å². The van der Waals surface area contributed by atoms with E-state index in [9.17, 15) is 9.59 Å². The van der Waals surface area contributed by atoms with Gasteiger partial charge in [-0.25, -0.2) is 4.98 Å². The minimum Gasteiger partial charge on any atom is -0.454 e. The number of carbonyl (C=O) groups is 1. The predicted octanol–water partition coefficient (Wildman–Crippen LogP) is 3.10. The molecule has 2 aromatic carbocycles. The number of pyridine rings is 2. The van der Waals surface area contributed by atoms with E-state index >= 15 is 0 Å². The minimum atomic E-state index is -0.435. The summed E-state index contributed by atoms with van der Waals surface area (Å²) in [4.78, 5) is 30.5. The number of benzene rings is 2. The van der Waals surface area contributed by atoms with E-state index in [1.54, 1.807) is 29.0 Å². The molecule has 1 aliphatic rings. The molecule has 7 nitrogen and oxygen atoms in total. The second kappa shape index (κ2) is 7.95. The summed E-state index contributed by atoms with van der Waals surface area (Å²) >= 11 is 0. The van der Waals surface area contributed by atoms with Crippen LogP contribution in [0.2, 0.25) is 0 Å². The Hall–Kier alpha value is -4.13. The van der Waals surface area contributed by atoms with Crippen LogP contribution in [-0.2, 0) is 13.1 Å². The van der Waals surface area contributed by atoms with Crippen molar-refractivity contribution in [1.29, 1.82) is 0 Å². The van der Waals surface area contributed by atoms with Crippen molar-refractivity contribution in [3.8, 4) is 11.5 Å². The van der Waals surface area contributed by atoms with Crippen LogP contribution >= 0.6 is 0 Å². The van der Waals surface area contributed by atoms with E-state index in [2.05, 4.69) is 10.3 Å². The Morgan fingerprint density at radius 1 is 0.968 bits per heavy atom. The van der Waals surface area contributed by atoms with E-state index in [0.29, 0.717) is 23.7 Å². The number of nitrogens with one attached hydrogen (secondary N) is 1. The fraction of sp³-hybridized carbons (Fsp3) is 0.125. The lowest BCUT2D eigenvalue weighted by molar-refractivity contribution is 0.0949.